The predicted octanol–water partition coefficient (Wildman–Crippen LogP) is 5.84. The molecule has 0 saturated heterocycles. The Morgan fingerprint density at radius 3 is 1.23 bits per heavy atom. The van der Waals surface area contributed by atoms with E-state index < -0.39 is 5.54 Å². The number of nitrogens with one attached hydrogen (secondary N) is 1. The van der Waals surface area contributed by atoms with Crippen LogP contribution in [0.2, 0.25) is 0 Å². The first-order chi connectivity index (χ1) is 12.7. The maximum Gasteiger partial charge on any atom is 0.0448 e. The molecule has 0 heterocycles. The Morgan fingerprint density at radius 1 is 0.577 bits per heavy atom. The van der Waals surface area contributed by atoms with Crippen LogP contribution in [0.1, 0.15) is 122 Å². The second kappa shape index (κ2) is 19.6. The third-order valence-corrected chi connectivity index (χ3v) is 5.66. The fourth-order valence-corrected chi connectivity index (χ4v) is 3.79. The lowest BCUT2D eigenvalue weighted by Crippen LogP contribution is -2.43. The maximum atomic E-state index is 11.2. The van der Waals surface area contributed by atoms with E-state index in [0.29, 0.717) is 12.8 Å². The van der Waals surface area contributed by atoms with Crippen molar-refractivity contribution < 1.29 is 10.2 Å². The molecule has 0 fully saturated rings. The first-order valence-electron chi connectivity index (χ1n) is 11.4. The van der Waals surface area contributed by atoms with Crippen molar-refractivity contribution in [1.29, 1.82) is 0 Å². The van der Waals surface area contributed by atoms with Crippen LogP contribution in [0, 0.1) is 5.21 Å². The first-order valence-corrected chi connectivity index (χ1v) is 11.4. The second-order valence-electron chi connectivity index (χ2n) is 8.03. The van der Waals surface area contributed by atoms with E-state index in [2.05, 4.69) is 12.4 Å². The molecule has 0 radical (unpaired) electrons. The minimum Gasteiger partial charge on any atom is -0.787 e. The van der Waals surface area contributed by atoms with Gasteiger partial charge >= 0.3 is 0 Å². The highest BCUT2D eigenvalue weighted by Crippen LogP contribution is 2.23. The molecule has 0 aromatic carbocycles. The lowest BCUT2D eigenvalue weighted by molar-refractivity contribution is 0.164. The number of rotatable bonds is 21. The summed E-state index contributed by atoms with van der Waals surface area (Å²) < 4.78 is 0. The molecule has 3 N–H and O–H groups in total. The Kier molecular flexibility index (Phi) is 19.5. The van der Waals surface area contributed by atoms with Crippen LogP contribution in [-0.4, -0.2) is 29.0 Å². The molecule has 4 heteroatoms. The van der Waals surface area contributed by atoms with Crippen LogP contribution >= 0.6 is 0 Å². The zero-order valence-electron chi connectivity index (χ0n) is 17.4. The number of hydrogen-bond donors (Lipinski definition) is 3. The van der Waals surface area contributed by atoms with Crippen molar-refractivity contribution >= 4 is 0 Å². The molecule has 158 valence electrons. The van der Waals surface area contributed by atoms with E-state index in [1.807, 2.05) is 0 Å². The number of unbranched alkanes of at least 4 members (excludes halogenated alkanes) is 14. The fraction of sp³-hybridized carbons (Fsp3) is 1.00. The van der Waals surface area contributed by atoms with Gasteiger partial charge in [-0.05, 0) is 19.3 Å². The highest BCUT2D eigenvalue weighted by atomic mass is 16.5. The third kappa shape index (κ3) is 15.0. The summed E-state index contributed by atoms with van der Waals surface area (Å²) in [5.74, 6) is 0. The van der Waals surface area contributed by atoms with Gasteiger partial charge in [-0.2, -0.15) is 0 Å². The summed E-state index contributed by atoms with van der Waals surface area (Å²) in [6.45, 7) is 2.26. The van der Waals surface area contributed by atoms with Crippen molar-refractivity contribution in [3.05, 3.63) is 5.21 Å². The zero-order valence-corrected chi connectivity index (χ0v) is 17.4. The van der Waals surface area contributed by atoms with Gasteiger partial charge in [0.1, 0.15) is 0 Å². The Hall–Kier alpha value is -0.160. The SMILES string of the molecule is CCCCCCCCCCCCCCCCCC(CCO)(CCO)N[O-]. The monoisotopic (exact) mass is 372 g/mol. The molecule has 0 unspecified atom stereocenters. The molecular formula is C22H46NO3-. The van der Waals surface area contributed by atoms with Gasteiger partial charge in [-0.15, -0.1) is 0 Å². The van der Waals surface area contributed by atoms with E-state index in [0.717, 1.165) is 19.3 Å². The van der Waals surface area contributed by atoms with Gasteiger partial charge in [-0.25, -0.2) is 0 Å². The Balaban J connectivity index is 3.39. The van der Waals surface area contributed by atoms with Gasteiger partial charge in [0.05, 0.1) is 0 Å². The van der Waals surface area contributed by atoms with E-state index in [4.69, 9.17) is 10.2 Å². The Morgan fingerprint density at radius 2 is 0.923 bits per heavy atom. The predicted molar refractivity (Wildman–Crippen MR) is 112 cm³/mol. The highest BCUT2D eigenvalue weighted by molar-refractivity contribution is 4.87. The molecule has 0 aliphatic carbocycles. The first kappa shape index (κ1) is 25.8. The van der Waals surface area contributed by atoms with Gasteiger partial charge in [0.2, 0.25) is 0 Å². The zero-order chi connectivity index (χ0) is 19.3. The largest absolute Gasteiger partial charge is 0.787 e. The minimum atomic E-state index is -0.625. The average Bonchev–Trinajstić information content (AvgIpc) is 2.65. The van der Waals surface area contributed by atoms with Crippen molar-refractivity contribution in [3.63, 3.8) is 0 Å². The quantitative estimate of drug-likeness (QED) is 0.175. The molecule has 0 saturated carbocycles. The number of hydrogen-bond acceptors (Lipinski definition) is 4. The normalized spacial score (nSPS) is 12.0. The van der Waals surface area contributed by atoms with Gasteiger partial charge in [0, 0.05) is 18.8 Å². The smallest absolute Gasteiger partial charge is 0.0448 e. The number of hydroxylamine groups is 1. The van der Waals surface area contributed by atoms with Gasteiger partial charge in [0.25, 0.3) is 0 Å². The second-order valence-corrected chi connectivity index (χ2v) is 8.03. The van der Waals surface area contributed by atoms with Crippen LogP contribution in [0.4, 0.5) is 0 Å². The summed E-state index contributed by atoms with van der Waals surface area (Å²) in [5.41, 5.74) is 1.47. The van der Waals surface area contributed by atoms with E-state index >= 15 is 0 Å². The lowest BCUT2D eigenvalue weighted by Gasteiger charge is -2.38. The van der Waals surface area contributed by atoms with Gasteiger partial charge in [0.15, 0.2) is 0 Å². The summed E-state index contributed by atoms with van der Waals surface area (Å²) >= 11 is 0. The van der Waals surface area contributed by atoms with Crippen molar-refractivity contribution in [1.82, 2.24) is 5.48 Å². The molecule has 0 aromatic rings. The fourth-order valence-electron chi connectivity index (χ4n) is 3.79. The summed E-state index contributed by atoms with van der Waals surface area (Å²) in [6.07, 6.45) is 21.5. The molecular weight excluding hydrogens is 326 g/mol. The average molecular weight is 373 g/mol. The van der Waals surface area contributed by atoms with E-state index in [9.17, 15) is 5.21 Å². The van der Waals surface area contributed by atoms with Crippen LogP contribution in [0.3, 0.4) is 0 Å². The van der Waals surface area contributed by atoms with Crippen molar-refractivity contribution in [2.45, 2.75) is 128 Å². The standard InChI is InChI=1S/C22H46NO3/c1-2-3-4-5-6-7-8-9-10-11-12-13-14-15-16-17-22(23-26,18-20-24)19-21-25/h23-25H,2-21H2,1H3/q-1. The molecule has 0 bridgehead atoms. The van der Waals surface area contributed by atoms with Crippen LogP contribution < -0.4 is 5.48 Å². The van der Waals surface area contributed by atoms with Gasteiger partial charge in [-0.1, -0.05) is 103 Å². The van der Waals surface area contributed by atoms with Crippen molar-refractivity contribution in [3.8, 4) is 0 Å². The topological polar surface area (TPSA) is 75.5 Å². The molecule has 0 spiro atoms. The molecule has 26 heavy (non-hydrogen) atoms. The Labute approximate surface area is 162 Å². The van der Waals surface area contributed by atoms with Crippen LogP contribution in [0.5, 0.6) is 0 Å². The molecule has 0 aromatic heterocycles. The molecule has 0 aliphatic heterocycles. The number of aliphatic hydroxyl groups is 2. The molecule has 0 atom stereocenters. The van der Waals surface area contributed by atoms with Gasteiger partial charge < -0.3 is 20.9 Å². The van der Waals surface area contributed by atoms with Crippen LogP contribution in [0.25, 0.3) is 0 Å². The van der Waals surface area contributed by atoms with E-state index in [-0.39, 0.29) is 13.2 Å². The molecule has 4 nitrogen and oxygen atoms in total. The Bertz CT molecular complexity index is 268. The molecule has 0 rings (SSSR count). The van der Waals surface area contributed by atoms with E-state index in [1.165, 1.54) is 83.5 Å². The van der Waals surface area contributed by atoms with Crippen LogP contribution in [0.15, 0.2) is 0 Å². The summed E-state index contributed by atoms with van der Waals surface area (Å²) in [4.78, 5) is 0. The van der Waals surface area contributed by atoms with Crippen molar-refractivity contribution in [2.75, 3.05) is 13.2 Å². The van der Waals surface area contributed by atoms with Crippen molar-refractivity contribution in [2.24, 2.45) is 0 Å². The maximum absolute atomic E-state index is 11.2. The highest BCUT2D eigenvalue weighted by Gasteiger charge is 2.24. The summed E-state index contributed by atoms with van der Waals surface area (Å²) in [7, 11) is 0. The lowest BCUT2D eigenvalue weighted by atomic mass is 9.86. The van der Waals surface area contributed by atoms with Crippen LogP contribution in [-0.2, 0) is 0 Å². The number of aliphatic hydroxyl groups excluding tert-OH is 2. The molecule has 0 aliphatic rings. The summed E-state index contributed by atoms with van der Waals surface area (Å²) in [5, 5.41) is 29.5. The molecule has 0 amide bonds. The summed E-state index contributed by atoms with van der Waals surface area (Å²) in [6, 6.07) is 0. The van der Waals surface area contributed by atoms with E-state index in [1.54, 1.807) is 0 Å². The van der Waals surface area contributed by atoms with Gasteiger partial charge in [-0.3, -0.25) is 0 Å². The minimum absolute atomic E-state index is 0.00597. The third-order valence-electron chi connectivity index (χ3n) is 5.66.